The highest BCUT2D eigenvalue weighted by atomic mass is 16.5. The van der Waals surface area contributed by atoms with Gasteiger partial charge in [0, 0.05) is 26.3 Å². The van der Waals surface area contributed by atoms with Crippen molar-refractivity contribution in [3.8, 4) is 0 Å². The molecule has 1 N–H and O–H groups in total. The zero-order chi connectivity index (χ0) is 12.4. The molecule has 0 saturated heterocycles. The first kappa shape index (κ1) is 14.3. The summed E-state index contributed by atoms with van der Waals surface area (Å²) in [6.45, 7) is 0.395. The van der Waals surface area contributed by atoms with Gasteiger partial charge in [0.2, 0.25) is 5.91 Å². The van der Waals surface area contributed by atoms with Gasteiger partial charge in [0.15, 0.2) is 0 Å². The van der Waals surface area contributed by atoms with Crippen LogP contribution in [0.25, 0.3) is 0 Å². The molecule has 0 aromatic heterocycles. The van der Waals surface area contributed by atoms with Crippen molar-refractivity contribution in [3.63, 3.8) is 0 Å². The minimum Gasteiger partial charge on any atom is -0.480 e. The lowest BCUT2D eigenvalue weighted by atomic mass is 10.4. The highest BCUT2D eigenvalue weighted by Crippen LogP contribution is 1.91. The number of ether oxygens (including phenoxy) is 1. The van der Waals surface area contributed by atoms with Crippen LogP contribution in [0.3, 0.4) is 0 Å². The van der Waals surface area contributed by atoms with Gasteiger partial charge in [-0.1, -0.05) is 0 Å². The van der Waals surface area contributed by atoms with E-state index in [9.17, 15) is 14.4 Å². The number of rotatable bonds is 8. The molecule has 0 unspecified atom stereocenters. The summed E-state index contributed by atoms with van der Waals surface area (Å²) in [6, 6.07) is 0. The van der Waals surface area contributed by atoms with E-state index in [0.29, 0.717) is 19.3 Å². The first-order valence-electron chi connectivity index (χ1n) is 4.74. The lowest BCUT2D eigenvalue weighted by Gasteiger charge is -2.14. The number of carbonyl (C=O) groups excluding carboxylic acids is 2. The number of carboxylic acids is 1. The van der Waals surface area contributed by atoms with Gasteiger partial charge in [-0.3, -0.25) is 9.59 Å². The average Bonchev–Trinajstić information content (AvgIpc) is 2.24. The van der Waals surface area contributed by atoms with Crippen LogP contribution < -0.4 is 0 Å². The second-order valence-corrected chi connectivity index (χ2v) is 3.05. The predicted molar refractivity (Wildman–Crippen MR) is 55.9 cm³/mol. The molecule has 0 aromatic rings. The number of hydrogen-bond acceptors (Lipinski definition) is 4. The van der Waals surface area contributed by atoms with Gasteiger partial charge >= 0.3 is 5.97 Å². The summed E-state index contributed by atoms with van der Waals surface area (Å²) < 4.78 is 4.79. The van der Waals surface area contributed by atoms with Crippen LogP contribution in [0.5, 0.6) is 0 Å². The Balaban J connectivity index is 3.60. The fourth-order valence-corrected chi connectivity index (χ4v) is 0.922. The summed E-state index contributed by atoms with van der Waals surface area (Å²) in [5, 5.41) is 8.28. The van der Waals surface area contributed by atoms with Gasteiger partial charge in [0.1, 0.15) is 12.9 Å². The maximum atomic E-state index is 11.2. The van der Waals surface area contributed by atoms with Crippen LogP contribution in [0.2, 0.25) is 0 Å². The summed E-state index contributed by atoms with van der Waals surface area (Å²) in [6.07, 6.45) is 3.37. The van der Waals surface area contributed by atoms with Crippen LogP contribution in [0.1, 0.15) is 6.42 Å². The van der Waals surface area contributed by atoms with Gasteiger partial charge in [0.25, 0.3) is 0 Å². The number of carbonyl (C=O) groups is 3. The molecule has 0 radical (unpaired) electrons. The molecule has 6 heteroatoms. The third-order valence-electron chi connectivity index (χ3n) is 1.70. The molecule has 0 bridgehead atoms. The molecule has 0 fully saturated rings. The maximum Gasteiger partial charge on any atom is 0.329 e. The van der Waals surface area contributed by atoms with Crippen molar-refractivity contribution in [2.24, 2.45) is 0 Å². The summed E-state index contributed by atoms with van der Waals surface area (Å²) >= 11 is 0. The van der Waals surface area contributed by atoms with E-state index in [1.165, 1.54) is 11.0 Å². The van der Waals surface area contributed by atoms with Gasteiger partial charge < -0.3 is 14.7 Å². The molecule has 0 aliphatic carbocycles. The minimum absolute atomic E-state index is 0.273. The van der Waals surface area contributed by atoms with Gasteiger partial charge in [0.05, 0.1) is 0 Å². The Morgan fingerprint density at radius 1 is 1.44 bits per heavy atom. The minimum atomic E-state index is -1.02. The van der Waals surface area contributed by atoms with E-state index in [0.717, 1.165) is 6.08 Å². The molecular formula is C10H15NO5. The summed E-state index contributed by atoms with van der Waals surface area (Å²) in [5.74, 6) is -1.29. The Morgan fingerprint density at radius 3 is 2.69 bits per heavy atom. The van der Waals surface area contributed by atoms with Crippen molar-refractivity contribution in [1.82, 2.24) is 4.90 Å². The molecule has 0 aliphatic rings. The standard InChI is InChI=1S/C10H15NO5/c1-11(9(13)4-2-6-12)5-3-7-16-8-10(14)15/h2,4,6H,3,5,7-8H2,1H3,(H,14,15)/b4-2-. The van der Waals surface area contributed by atoms with Crippen molar-refractivity contribution in [2.75, 3.05) is 26.8 Å². The summed E-state index contributed by atoms with van der Waals surface area (Å²) in [7, 11) is 1.59. The van der Waals surface area contributed by atoms with Crippen LogP contribution in [0, 0.1) is 0 Å². The van der Waals surface area contributed by atoms with E-state index in [4.69, 9.17) is 9.84 Å². The molecule has 0 heterocycles. The monoisotopic (exact) mass is 229 g/mol. The molecule has 0 rings (SSSR count). The van der Waals surface area contributed by atoms with Crippen molar-refractivity contribution in [1.29, 1.82) is 0 Å². The number of carboxylic acid groups (broad SMARTS) is 1. The first-order valence-corrected chi connectivity index (χ1v) is 4.74. The lowest BCUT2D eigenvalue weighted by Crippen LogP contribution is -2.26. The quantitative estimate of drug-likeness (QED) is 0.350. The van der Waals surface area contributed by atoms with Crippen LogP contribution in [-0.2, 0) is 19.1 Å². The average molecular weight is 229 g/mol. The predicted octanol–water partition coefficient (Wildman–Crippen LogP) is -0.309. The van der Waals surface area contributed by atoms with Crippen molar-refractivity contribution < 1.29 is 24.2 Å². The third kappa shape index (κ3) is 7.69. The van der Waals surface area contributed by atoms with E-state index in [-0.39, 0.29) is 19.1 Å². The maximum absolute atomic E-state index is 11.2. The van der Waals surface area contributed by atoms with Gasteiger partial charge in [-0.15, -0.1) is 0 Å². The SMILES string of the molecule is CN(CCCOCC(=O)O)C(=O)/C=C\C=O. The van der Waals surface area contributed by atoms with Crippen molar-refractivity contribution in [2.45, 2.75) is 6.42 Å². The van der Waals surface area contributed by atoms with Gasteiger partial charge in [-0.2, -0.15) is 0 Å². The van der Waals surface area contributed by atoms with Crippen LogP contribution in [0.4, 0.5) is 0 Å². The van der Waals surface area contributed by atoms with Crippen molar-refractivity contribution in [3.05, 3.63) is 12.2 Å². The zero-order valence-electron chi connectivity index (χ0n) is 9.09. The third-order valence-corrected chi connectivity index (χ3v) is 1.70. The molecule has 0 aliphatic heterocycles. The topological polar surface area (TPSA) is 83.9 Å². The zero-order valence-corrected chi connectivity index (χ0v) is 9.09. The van der Waals surface area contributed by atoms with Crippen LogP contribution >= 0.6 is 0 Å². The molecule has 16 heavy (non-hydrogen) atoms. The Morgan fingerprint density at radius 2 is 2.12 bits per heavy atom. The molecule has 0 saturated carbocycles. The molecule has 1 amide bonds. The Hall–Kier alpha value is -1.69. The Labute approximate surface area is 93.5 Å². The largest absolute Gasteiger partial charge is 0.480 e. The van der Waals surface area contributed by atoms with Crippen LogP contribution in [0.15, 0.2) is 12.2 Å². The van der Waals surface area contributed by atoms with Crippen molar-refractivity contribution >= 4 is 18.2 Å². The molecule has 90 valence electrons. The second kappa shape index (κ2) is 8.60. The van der Waals surface area contributed by atoms with E-state index in [1.54, 1.807) is 7.05 Å². The van der Waals surface area contributed by atoms with E-state index < -0.39 is 5.97 Å². The summed E-state index contributed by atoms with van der Waals surface area (Å²) in [4.78, 5) is 32.7. The Kier molecular flexibility index (Phi) is 7.70. The van der Waals surface area contributed by atoms with E-state index in [1.807, 2.05) is 0 Å². The van der Waals surface area contributed by atoms with E-state index in [2.05, 4.69) is 0 Å². The Bertz CT molecular complexity index is 274. The summed E-state index contributed by atoms with van der Waals surface area (Å²) in [5.41, 5.74) is 0. The smallest absolute Gasteiger partial charge is 0.329 e. The number of nitrogens with zero attached hydrogens (tertiary/aromatic N) is 1. The highest BCUT2D eigenvalue weighted by molar-refractivity contribution is 5.90. The fourth-order valence-electron chi connectivity index (χ4n) is 0.922. The van der Waals surface area contributed by atoms with Crippen LogP contribution in [-0.4, -0.2) is 55.0 Å². The molecule has 6 nitrogen and oxygen atoms in total. The number of amides is 1. The second-order valence-electron chi connectivity index (χ2n) is 3.05. The number of aldehydes is 1. The molecule has 0 spiro atoms. The van der Waals surface area contributed by atoms with E-state index >= 15 is 0 Å². The molecule has 0 atom stereocenters. The number of hydrogen-bond donors (Lipinski definition) is 1. The number of likely N-dealkylation sites (N-methyl/N-ethyl adjacent to an activating group) is 1. The normalized spacial score (nSPS) is 10.3. The van der Waals surface area contributed by atoms with Gasteiger partial charge in [-0.25, -0.2) is 4.79 Å². The van der Waals surface area contributed by atoms with Gasteiger partial charge in [-0.05, 0) is 12.5 Å². The molecular weight excluding hydrogens is 214 g/mol. The highest BCUT2D eigenvalue weighted by Gasteiger charge is 2.04. The molecule has 0 aromatic carbocycles. The fraction of sp³-hybridized carbons (Fsp3) is 0.500. The number of allylic oxidation sites excluding steroid dienone is 1. The number of aliphatic carboxylic acids is 1. The first-order chi connectivity index (χ1) is 7.57. The lowest BCUT2D eigenvalue weighted by molar-refractivity contribution is -0.142.